The van der Waals surface area contributed by atoms with Crippen LogP contribution >= 0.6 is 11.8 Å². The van der Waals surface area contributed by atoms with Crippen LogP contribution in [0.3, 0.4) is 0 Å². The number of carbonyl (C=O) groups excluding carboxylic acids is 1. The van der Waals surface area contributed by atoms with Crippen LogP contribution in [0, 0.1) is 0 Å². The van der Waals surface area contributed by atoms with Crippen LogP contribution < -0.4 is 5.32 Å². The Bertz CT molecular complexity index is 462. The van der Waals surface area contributed by atoms with Crippen molar-refractivity contribution in [3.05, 3.63) is 36.5 Å². The predicted octanol–water partition coefficient (Wildman–Crippen LogP) is 1.56. The molecular weight excluding hydrogens is 252 g/mol. The summed E-state index contributed by atoms with van der Waals surface area (Å²) in [6, 6.07) is 2.86. The van der Waals surface area contributed by atoms with Crippen LogP contribution in [0.2, 0.25) is 0 Å². The summed E-state index contributed by atoms with van der Waals surface area (Å²) < 4.78 is 0. The Morgan fingerprint density at radius 3 is 3.00 bits per heavy atom. The van der Waals surface area contributed by atoms with Crippen molar-refractivity contribution in [1.29, 1.82) is 0 Å². The second kappa shape index (κ2) is 6.80. The van der Waals surface area contributed by atoms with E-state index in [1.165, 1.54) is 30.1 Å². The largest absolute Gasteiger partial charge is 0.478 e. The number of aromatic carboxylic acids is 1. The lowest BCUT2D eigenvalue weighted by molar-refractivity contribution is -0.120. The number of carboxylic acids is 1. The molecule has 0 bridgehead atoms. The van der Waals surface area contributed by atoms with Crippen LogP contribution in [-0.2, 0) is 4.79 Å². The van der Waals surface area contributed by atoms with E-state index < -0.39 is 5.97 Å². The number of carboxylic acid groups (broad SMARTS) is 1. The second-order valence-electron chi connectivity index (χ2n) is 3.48. The van der Waals surface area contributed by atoms with Crippen molar-refractivity contribution in [3.63, 3.8) is 0 Å². The van der Waals surface area contributed by atoms with Crippen molar-refractivity contribution in [2.75, 3.05) is 6.54 Å². The van der Waals surface area contributed by atoms with Crippen molar-refractivity contribution in [3.8, 4) is 0 Å². The minimum Gasteiger partial charge on any atom is -0.478 e. The van der Waals surface area contributed by atoms with Crippen molar-refractivity contribution in [1.82, 2.24) is 10.3 Å². The first kappa shape index (κ1) is 14.2. The maximum atomic E-state index is 11.6. The summed E-state index contributed by atoms with van der Waals surface area (Å²) in [5.41, 5.74) is 0.159. The molecule has 0 saturated carbocycles. The second-order valence-corrected chi connectivity index (χ2v) is 4.84. The first-order valence-corrected chi connectivity index (χ1v) is 6.17. The van der Waals surface area contributed by atoms with Gasteiger partial charge in [-0.25, -0.2) is 9.78 Å². The van der Waals surface area contributed by atoms with Crippen LogP contribution in [0.15, 0.2) is 36.0 Å². The van der Waals surface area contributed by atoms with Crippen LogP contribution in [0.4, 0.5) is 0 Å². The van der Waals surface area contributed by atoms with Crippen molar-refractivity contribution in [2.24, 2.45) is 0 Å². The van der Waals surface area contributed by atoms with Crippen LogP contribution in [0.25, 0.3) is 0 Å². The van der Waals surface area contributed by atoms with Gasteiger partial charge in [-0.05, 0) is 19.1 Å². The molecule has 1 aromatic heterocycles. The molecule has 6 heteroatoms. The first-order valence-electron chi connectivity index (χ1n) is 5.29. The van der Waals surface area contributed by atoms with Gasteiger partial charge in [0, 0.05) is 12.7 Å². The van der Waals surface area contributed by atoms with Gasteiger partial charge in [-0.3, -0.25) is 4.79 Å². The monoisotopic (exact) mass is 266 g/mol. The fourth-order valence-electron chi connectivity index (χ4n) is 1.16. The van der Waals surface area contributed by atoms with Crippen LogP contribution in [0.1, 0.15) is 17.3 Å². The fourth-order valence-corrected chi connectivity index (χ4v) is 2.03. The number of carbonyl (C=O) groups is 2. The number of thioether (sulfide) groups is 1. The lowest BCUT2D eigenvalue weighted by Crippen LogP contribution is -2.30. The highest BCUT2D eigenvalue weighted by Gasteiger charge is 2.15. The zero-order valence-corrected chi connectivity index (χ0v) is 10.7. The smallest absolute Gasteiger partial charge is 0.335 e. The van der Waals surface area contributed by atoms with Crippen LogP contribution in [-0.4, -0.2) is 33.8 Å². The number of hydrogen-bond donors (Lipinski definition) is 2. The molecule has 0 aliphatic heterocycles. The van der Waals surface area contributed by atoms with E-state index in [0.29, 0.717) is 11.6 Å². The number of pyridine rings is 1. The number of nitrogens with zero attached hydrogens (tertiary/aromatic N) is 1. The molecule has 0 spiro atoms. The highest BCUT2D eigenvalue weighted by atomic mass is 32.2. The summed E-state index contributed by atoms with van der Waals surface area (Å²) in [5.74, 6) is -1.15. The van der Waals surface area contributed by atoms with Gasteiger partial charge in [0.1, 0.15) is 0 Å². The first-order chi connectivity index (χ1) is 8.54. The summed E-state index contributed by atoms with van der Waals surface area (Å²) >= 11 is 1.21. The normalized spacial score (nSPS) is 11.6. The molecule has 0 fully saturated rings. The maximum absolute atomic E-state index is 11.6. The lowest BCUT2D eigenvalue weighted by Gasteiger charge is -2.10. The lowest BCUT2D eigenvalue weighted by atomic mass is 10.3. The Morgan fingerprint density at radius 2 is 2.39 bits per heavy atom. The van der Waals surface area contributed by atoms with Crippen molar-refractivity contribution >= 4 is 23.6 Å². The summed E-state index contributed by atoms with van der Waals surface area (Å²) in [6.45, 7) is 5.65. The third-order valence-electron chi connectivity index (χ3n) is 2.07. The summed E-state index contributed by atoms with van der Waals surface area (Å²) in [6.07, 6.45) is 3.01. The number of hydrogen-bond acceptors (Lipinski definition) is 4. The van der Waals surface area contributed by atoms with E-state index in [4.69, 9.17) is 5.11 Å². The summed E-state index contributed by atoms with van der Waals surface area (Å²) in [7, 11) is 0. The van der Waals surface area contributed by atoms with Gasteiger partial charge in [0.05, 0.1) is 15.8 Å². The van der Waals surface area contributed by atoms with Gasteiger partial charge in [-0.1, -0.05) is 17.8 Å². The van der Waals surface area contributed by atoms with E-state index in [1.54, 1.807) is 13.0 Å². The van der Waals surface area contributed by atoms with Crippen molar-refractivity contribution in [2.45, 2.75) is 17.2 Å². The molecule has 2 N–H and O–H groups in total. The van der Waals surface area contributed by atoms with E-state index in [9.17, 15) is 9.59 Å². The fraction of sp³-hybridized carbons (Fsp3) is 0.250. The van der Waals surface area contributed by atoms with Gasteiger partial charge < -0.3 is 10.4 Å². The predicted molar refractivity (Wildman–Crippen MR) is 69.7 cm³/mol. The molecular formula is C12H14N2O3S. The number of amides is 1. The molecule has 1 amide bonds. The molecule has 1 unspecified atom stereocenters. The zero-order valence-electron chi connectivity index (χ0n) is 9.92. The Balaban J connectivity index is 2.66. The van der Waals surface area contributed by atoms with E-state index >= 15 is 0 Å². The standard InChI is InChI=1S/C12H14N2O3S/c1-3-5-14-11(15)8(2)18-10-7-9(12(16)17)4-6-13-10/h3-4,6-8H,1,5H2,2H3,(H,14,15)(H,16,17). The molecule has 0 radical (unpaired) electrons. The number of rotatable bonds is 6. The highest BCUT2D eigenvalue weighted by Crippen LogP contribution is 2.21. The molecule has 96 valence electrons. The van der Waals surface area contributed by atoms with Gasteiger partial charge >= 0.3 is 5.97 Å². The van der Waals surface area contributed by atoms with E-state index in [-0.39, 0.29) is 16.7 Å². The molecule has 0 aliphatic carbocycles. The molecule has 0 aliphatic rings. The molecule has 1 aromatic rings. The SMILES string of the molecule is C=CCNC(=O)C(C)Sc1cc(C(=O)O)ccn1. The molecule has 5 nitrogen and oxygen atoms in total. The Hall–Kier alpha value is -1.82. The van der Waals surface area contributed by atoms with Gasteiger partial charge in [-0.15, -0.1) is 6.58 Å². The van der Waals surface area contributed by atoms with Gasteiger partial charge in [-0.2, -0.15) is 0 Å². The minimum atomic E-state index is -1.01. The molecule has 18 heavy (non-hydrogen) atoms. The zero-order chi connectivity index (χ0) is 13.5. The van der Waals surface area contributed by atoms with E-state index in [0.717, 1.165) is 0 Å². The minimum absolute atomic E-state index is 0.137. The van der Waals surface area contributed by atoms with Crippen LogP contribution in [0.5, 0.6) is 0 Å². The Kier molecular flexibility index (Phi) is 5.38. The van der Waals surface area contributed by atoms with Crippen molar-refractivity contribution < 1.29 is 14.7 Å². The molecule has 0 saturated heterocycles. The summed E-state index contributed by atoms with van der Waals surface area (Å²) in [4.78, 5) is 26.4. The van der Waals surface area contributed by atoms with E-state index in [2.05, 4.69) is 16.9 Å². The average Bonchev–Trinajstić information content (AvgIpc) is 2.36. The Morgan fingerprint density at radius 1 is 1.67 bits per heavy atom. The van der Waals surface area contributed by atoms with Gasteiger partial charge in [0.2, 0.25) is 5.91 Å². The third-order valence-corrected chi connectivity index (χ3v) is 3.10. The van der Waals surface area contributed by atoms with Gasteiger partial charge in [0.15, 0.2) is 0 Å². The molecule has 0 aromatic carbocycles. The van der Waals surface area contributed by atoms with E-state index in [1.807, 2.05) is 0 Å². The Labute approximate surface area is 109 Å². The molecule has 1 heterocycles. The van der Waals surface area contributed by atoms with Gasteiger partial charge in [0.25, 0.3) is 0 Å². The third kappa shape index (κ3) is 4.21. The highest BCUT2D eigenvalue weighted by molar-refractivity contribution is 8.00. The summed E-state index contributed by atoms with van der Waals surface area (Å²) in [5, 5.41) is 11.7. The molecule has 1 atom stereocenters. The maximum Gasteiger partial charge on any atom is 0.335 e. The average molecular weight is 266 g/mol. The number of aromatic nitrogens is 1. The number of nitrogens with one attached hydrogen (secondary N) is 1. The topological polar surface area (TPSA) is 79.3 Å². The molecule has 1 rings (SSSR count). The quantitative estimate of drug-likeness (QED) is 0.603.